The van der Waals surface area contributed by atoms with Gasteiger partial charge in [0.2, 0.25) is 5.91 Å². The molecular formula is C22H23N3O3S. The van der Waals surface area contributed by atoms with Crippen LogP contribution in [0.15, 0.2) is 64.4 Å². The van der Waals surface area contributed by atoms with Crippen molar-refractivity contribution in [3.63, 3.8) is 0 Å². The van der Waals surface area contributed by atoms with E-state index in [-0.39, 0.29) is 11.5 Å². The first-order valence-electron chi connectivity index (χ1n) is 9.17. The number of aromatic nitrogens is 2. The summed E-state index contributed by atoms with van der Waals surface area (Å²) >= 11 is 1.29. The number of anilines is 1. The fourth-order valence-corrected chi connectivity index (χ4v) is 3.48. The zero-order chi connectivity index (χ0) is 21.0. The van der Waals surface area contributed by atoms with E-state index in [1.165, 1.54) is 22.5 Å². The number of methoxy groups -OCH3 is 1. The Labute approximate surface area is 173 Å². The zero-order valence-electron chi connectivity index (χ0n) is 16.8. The molecule has 0 aliphatic carbocycles. The number of hydrogen-bond acceptors (Lipinski definition) is 5. The van der Waals surface area contributed by atoms with Crippen molar-refractivity contribution in [2.75, 3.05) is 12.4 Å². The normalized spacial score (nSPS) is 11.7. The average molecular weight is 410 g/mol. The van der Waals surface area contributed by atoms with Gasteiger partial charge >= 0.3 is 0 Å². The quantitative estimate of drug-likeness (QED) is 0.624. The van der Waals surface area contributed by atoms with Crippen molar-refractivity contribution in [2.45, 2.75) is 31.0 Å². The molecule has 7 heteroatoms. The summed E-state index contributed by atoms with van der Waals surface area (Å²) in [5, 5.41) is 7.50. The van der Waals surface area contributed by atoms with Crippen LogP contribution >= 0.6 is 11.8 Å². The molecule has 1 heterocycles. The molecule has 0 spiro atoms. The van der Waals surface area contributed by atoms with Crippen molar-refractivity contribution in [3.8, 4) is 11.4 Å². The van der Waals surface area contributed by atoms with Crippen molar-refractivity contribution in [3.05, 3.63) is 76.1 Å². The molecule has 3 rings (SSSR count). The lowest BCUT2D eigenvalue weighted by atomic mass is 10.1. The summed E-state index contributed by atoms with van der Waals surface area (Å²) in [6.45, 7) is 5.81. The predicted octanol–water partition coefficient (Wildman–Crippen LogP) is 3.98. The Morgan fingerprint density at radius 1 is 1.10 bits per heavy atom. The first kappa shape index (κ1) is 20.7. The third-order valence-electron chi connectivity index (χ3n) is 4.51. The molecule has 1 atom stereocenters. The van der Waals surface area contributed by atoms with E-state index in [4.69, 9.17) is 4.74 Å². The van der Waals surface area contributed by atoms with Gasteiger partial charge in [-0.25, -0.2) is 0 Å². The van der Waals surface area contributed by atoms with Gasteiger partial charge in [-0.2, -0.15) is 9.78 Å². The number of nitrogens with zero attached hydrogens (tertiary/aromatic N) is 2. The Hall–Kier alpha value is -3.06. The average Bonchev–Trinajstić information content (AvgIpc) is 2.71. The van der Waals surface area contributed by atoms with E-state index in [1.54, 1.807) is 32.2 Å². The van der Waals surface area contributed by atoms with Gasteiger partial charge in [0.1, 0.15) is 10.8 Å². The molecule has 1 unspecified atom stereocenters. The summed E-state index contributed by atoms with van der Waals surface area (Å²) < 4.78 is 6.54. The van der Waals surface area contributed by atoms with Crippen LogP contribution in [0.2, 0.25) is 0 Å². The zero-order valence-corrected chi connectivity index (χ0v) is 17.6. The van der Waals surface area contributed by atoms with Gasteiger partial charge in [0.25, 0.3) is 5.56 Å². The highest BCUT2D eigenvalue weighted by molar-refractivity contribution is 8.00. The molecule has 0 aliphatic heterocycles. The summed E-state index contributed by atoms with van der Waals surface area (Å²) in [6, 6.07) is 16.0. The maximum absolute atomic E-state index is 12.6. The molecule has 0 aliphatic rings. The highest BCUT2D eigenvalue weighted by Gasteiger charge is 2.16. The van der Waals surface area contributed by atoms with Crippen LogP contribution in [0.4, 0.5) is 5.69 Å². The molecule has 6 nitrogen and oxygen atoms in total. The molecule has 0 fully saturated rings. The Morgan fingerprint density at radius 3 is 2.62 bits per heavy atom. The van der Waals surface area contributed by atoms with E-state index in [0.29, 0.717) is 22.2 Å². The number of carbonyl (C=O) groups is 1. The minimum absolute atomic E-state index is 0.158. The SMILES string of the molecule is COc1cccc(NC(=O)C(C)Sc2ccc(=O)n(-c3ccc(C)c(C)c3)n2)c1. The van der Waals surface area contributed by atoms with Crippen LogP contribution in [-0.2, 0) is 4.79 Å². The minimum Gasteiger partial charge on any atom is -0.497 e. The molecule has 0 bridgehead atoms. The largest absolute Gasteiger partial charge is 0.497 e. The molecule has 1 N–H and O–H groups in total. The lowest BCUT2D eigenvalue weighted by molar-refractivity contribution is -0.115. The van der Waals surface area contributed by atoms with Crippen LogP contribution in [0.5, 0.6) is 5.75 Å². The lowest BCUT2D eigenvalue weighted by Gasteiger charge is -2.13. The third kappa shape index (κ3) is 5.06. The van der Waals surface area contributed by atoms with Crippen molar-refractivity contribution < 1.29 is 9.53 Å². The van der Waals surface area contributed by atoms with Crippen LogP contribution < -0.4 is 15.6 Å². The standard InChI is InChI=1S/C22H23N3O3S/c1-14-8-9-18(12-15(14)2)25-21(26)11-10-20(24-25)29-16(3)22(27)23-17-6-5-7-19(13-17)28-4/h5-13,16H,1-4H3,(H,23,27). The molecule has 3 aromatic rings. The molecule has 1 aromatic heterocycles. The topological polar surface area (TPSA) is 73.2 Å². The number of benzene rings is 2. The van der Waals surface area contributed by atoms with Crippen molar-refractivity contribution >= 4 is 23.4 Å². The van der Waals surface area contributed by atoms with Crippen LogP contribution in [0, 0.1) is 13.8 Å². The van der Waals surface area contributed by atoms with Gasteiger partial charge in [0.15, 0.2) is 0 Å². The second-order valence-corrected chi connectivity index (χ2v) is 8.03. The van der Waals surface area contributed by atoms with Gasteiger partial charge in [0, 0.05) is 17.8 Å². The molecule has 0 radical (unpaired) electrons. The summed E-state index contributed by atoms with van der Waals surface area (Å²) in [6.07, 6.45) is 0. The van der Waals surface area contributed by atoms with Gasteiger partial charge in [0.05, 0.1) is 18.0 Å². The van der Waals surface area contributed by atoms with E-state index in [1.807, 2.05) is 44.2 Å². The second kappa shape index (κ2) is 8.96. The van der Waals surface area contributed by atoms with E-state index in [2.05, 4.69) is 10.4 Å². The van der Waals surface area contributed by atoms with Crippen molar-refractivity contribution in [1.29, 1.82) is 0 Å². The summed E-state index contributed by atoms with van der Waals surface area (Å²) in [5.41, 5.74) is 3.38. The molecule has 0 saturated heterocycles. The van der Waals surface area contributed by atoms with E-state index < -0.39 is 5.25 Å². The van der Waals surface area contributed by atoms with Gasteiger partial charge in [-0.1, -0.05) is 23.9 Å². The lowest BCUT2D eigenvalue weighted by Crippen LogP contribution is -2.24. The number of amides is 1. The summed E-state index contributed by atoms with van der Waals surface area (Å²) in [7, 11) is 1.58. The number of nitrogens with one attached hydrogen (secondary N) is 1. The number of rotatable bonds is 6. The Kier molecular flexibility index (Phi) is 6.39. The number of ether oxygens (including phenoxy) is 1. The second-order valence-electron chi connectivity index (χ2n) is 6.67. The summed E-state index contributed by atoms with van der Waals surface area (Å²) in [4.78, 5) is 24.8. The van der Waals surface area contributed by atoms with Gasteiger partial charge in [-0.15, -0.1) is 0 Å². The molecule has 0 saturated carbocycles. The monoisotopic (exact) mass is 409 g/mol. The van der Waals surface area contributed by atoms with Crippen LogP contribution in [0.25, 0.3) is 5.69 Å². The Bertz CT molecular complexity index is 1090. The first-order valence-corrected chi connectivity index (χ1v) is 10.0. The highest BCUT2D eigenvalue weighted by Crippen LogP contribution is 2.23. The Balaban J connectivity index is 1.76. The number of thioether (sulfide) groups is 1. The van der Waals surface area contributed by atoms with Crippen molar-refractivity contribution in [1.82, 2.24) is 9.78 Å². The smallest absolute Gasteiger partial charge is 0.271 e. The maximum atomic E-state index is 12.6. The van der Waals surface area contributed by atoms with Crippen LogP contribution in [0.1, 0.15) is 18.1 Å². The molecule has 1 amide bonds. The van der Waals surface area contributed by atoms with Gasteiger partial charge in [-0.05, 0) is 62.2 Å². The first-order chi connectivity index (χ1) is 13.9. The highest BCUT2D eigenvalue weighted by atomic mass is 32.2. The number of hydrogen-bond donors (Lipinski definition) is 1. The molecule has 2 aromatic carbocycles. The maximum Gasteiger partial charge on any atom is 0.271 e. The fourth-order valence-electron chi connectivity index (χ4n) is 2.68. The van der Waals surface area contributed by atoms with Crippen molar-refractivity contribution in [2.24, 2.45) is 0 Å². The Morgan fingerprint density at radius 2 is 1.90 bits per heavy atom. The van der Waals surface area contributed by atoms with Gasteiger partial charge < -0.3 is 10.1 Å². The predicted molar refractivity (Wildman–Crippen MR) is 116 cm³/mol. The number of carbonyl (C=O) groups excluding carboxylic acids is 1. The molecule has 150 valence electrons. The van der Waals surface area contributed by atoms with Crippen LogP contribution in [0.3, 0.4) is 0 Å². The fraction of sp³-hybridized carbons (Fsp3) is 0.227. The molecular weight excluding hydrogens is 386 g/mol. The van der Waals surface area contributed by atoms with Gasteiger partial charge in [-0.3, -0.25) is 9.59 Å². The number of aryl methyl sites for hydroxylation is 2. The van der Waals surface area contributed by atoms with E-state index in [0.717, 1.165) is 11.1 Å². The third-order valence-corrected chi connectivity index (χ3v) is 5.54. The van der Waals surface area contributed by atoms with E-state index >= 15 is 0 Å². The summed E-state index contributed by atoms with van der Waals surface area (Å²) in [5.74, 6) is 0.513. The van der Waals surface area contributed by atoms with E-state index in [9.17, 15) is 9.59 Å². The van der Waals surface area contributed by atoms with Crippen LogP contribution in [-0.4, -0.2) is 28.0 Å². The molecule has 29 heavy (non-hydrogen) atoms. The minimum atomic E-state index is -0.403.